The van der Waals surface area contributed by atoms with Gasteiger partial charge in [0.15, 0.2) is 6.61 Å². The number of carbonyl (C=O) groups excluding carboxylic acids is 2. The molecule has 8 nitrogen and oxygen atoms in total. The molecule has 0 aliphatic rings. The van der Waals surface area contributed by atoms with Crippen LogP contribution in [-0.4, -0.2) is 33.1 Å². The molecule has 0 saturated heterocycles. The lowest BCUT2D eigenvalue weighted by Gasteiger charge is -2.04. The van der Waals surface area contributed by atoms with Crippen LogP contribution in [0.15, 0.2) is 57.9 Å². The Labute approximate surface area is 175 Å². The lowest BCUT2D eigenvalue weighted by molar-refractivity contribution is -0.143. The third-order valence-corrected chi connectivity index (χ3v) is 4.82. The largest absolute Gasteiger partial charge is 0.456 e. The SMILES string of the molecule is CCc1cccc2c(C(=O)COC(=O)Cn3nc(-c4ccc(F)cc4)oc3=O)c[nH]c12. The van der Waals surface area contributed by atoms with Crippen LogP contribution in [0.1, 0.15) is 22.8 Å². The maximum atomic E-state index is 13.0. The van der Waals surface area contributed by atoms with Gasteiger partial charge in [0.2, 0.25) is 11.7 Å². The Balaban J connectivity index is 1.41. The first kappa shape index (κ1) is 20.3. The van der Waals surface area contributed by atoms with E-state index in [0.717, 1.165) is 27.6 Å². The van der Waals surface area contributed by atoms with Crippen molar-refractivity contribution in [1.29, 1.82) is 0 Å². The third kappa shape index (κ3) is 4.16. The van der Waals surface area contributed by atoms with Crippen LogP contribution < -0.4 is 5.76 Å². The molecule has 2 aromatic heterocycles. The Morgan fingerprint density at radius 1 is 1.19 bits per heavy atom. The Hall–Kier alpha value is -4.01. The number of carbonyl (C=O) groups is 2. The first-order valence-electron chi connectivity index (χ1n) is 9.58. The summed E-state index contributed by atoms with van der Waals surface area (Å²) in [4.78, 5) is 39.7. The van der Waals surface area contributed by atoms with Gasteiger partial charge in [-0.2, -0.15) is 4.68 Å². The number of benzene rings is 2. The molecule has 0 unspecified atom stereocenters. The van der Waals surface area contributed by atoms with E-state index in [1.54, 1.807) is 6.20 Å². The lowest BCUT2D eigenvalue weighted by atomic mass is 10.1. The molecule has 0 fully saturated rings. The highest BCUT2D eigenvalue weighted by Gasteiger charge is 2.18. The van der Waals surface area contributed by atoms with Gasteiger partial charge < -0.3 is 14.1 Å². The van der Waals surface area contributed by atoms with Crippen molar-refractivity contribution in [3.8, 4) is 11.5 Å². The number of aromatic amines is 1. The smallest absolute Gasteiger partial charge is 0.437 e. The van der Waals surface area contributed by atoms with Crippen LogP contribution in [-0.2, 0) is 22.5 Å². The zero-order valence-electron chi connectivity index (χ0n) is 16.6. The average Bonchev–Trinajstić information content (AvgIpc) is 3.36. The minimum atomic E-state index is -0.869. The Bertz CT molecular complexity index is 1320. The summed E-state index contributed by atoms with van der Waals surface area (Å²) < 4.78 is 23.8. The normalized spacial score (nSPS) is 11.0. The molecule has 31 heavy (non-hydrogen) atoms. The lowest BCUT2D eigenvalue weighted by Crippen LogP contribution is -2.24. The number of nitrogens with zero attached hydrogens (tertiary/aromatic N) is 2. The van der Waals surface area contributed by atoms with E-state index in [1.807, 2.05) is 25.1 Å². The van der Waals surface area contributed by atoms with Crippen LogP contribution in [0.4, 0.5) is 4.39 Å². The van der Waals surface area contributed by atoms with E-state index in [0.29, 0.717) is 11.1 Å². The average molecular weight is 423 g/mol. The van der Waals surface area contributed by atoms with Crippen LogP contribution in [0.2, 0.25) is 0 Å². The van der Waals surface area contributed by atoms with E-state index in [4.69, 9.17) is 9.15 Å². The van der Waals surface area contributed by atoms with Gasteiger partial charge >= 0.3 is 11.7 Å². The van der Waals surface area contributed by atoms with Gasteiger partial charge in [-0.25, -0.2) is 9.18 Å². The maximum Gasteiger partial charge on any atom is 0.437 e. The van der Waals surface area contributed by atoms with Crippen molar-refractivity contribution in [1.82, 2.24) is 14.8 Å². The van der Waals surface area contributed by atoms with Crippen LogP contribution in [0.25, 0.3) is 22.4 Å². The number of aromatic nitrogens is 3. The number of esters is 1. The van der Waals surface area contributed by atoms with Crippen LogP contribution in [0.3, 0.4) is 0 Å². The molecule has 0 amide bonds. The Morgan fingerprint density at radius 2 is 1.97 bits per heavy atom. The molecule has 1 N–H and O–H groups in total. The van der Waals surface area contributed by atoms with Gasteiger partial charge in [0.1, 0.15) is 12.4 Å². The standard InChI is InChI=1S/C22H18FN3O5/c1-2-13-4-3-5-16-17(10-24-20(13)16)18(27)12-30-19(28)11-26-22(29)31-21(25-26)14-6-8-15(23)9-7-14/h3-10,24H,2,11-12H2,1H3. The number of Topliss-reactive ketones (excluding diaryl/α,β-unsaturated/α-hetero) is 1. The Kier molecular flexibility index (Phi) is 5.48. The van der Waals surface area contributed by atoms with E-state index in [9.17, 15) is 18.8 Å². The van der Waals surface area contributed by atoms with Gasteiger partial charge in [-0.1, -0.05) is 25.1 Å². The van der Waals surface area contributed by atoms with Crippen molar-refractivity contribution >= 4 is 22.7 Å². The molecule has 0 aliphatic heterocycles. The molecule has 0 aliphatic carbocycles. The maximum absolute atomic E-state index is 13.0. The fourth-order valence-electron chi connectivity index (χ4n) is 3.25. The molecule has 0 saturated carbocycles. The number of H-pyrrole nitrogens is 1. The molecule has 158 valence electrons. The van der Waals surface area contributed by atoms with E-state index in [1.165, 1.54) is 24.3 Å². The van der Waals surface area contributed by atoms with Crippen molar-refractivity contribution < 1.29 is 23.1 Å². The number of hydrogen-bond acceptors (Lipinski definition) is 6. The van der Waals surface area contributed by atoms with E-state index >= 15 is 0 Å². The summed E-state index contributed by atoms with van der Waals surface area (Å²) >= 11 is 0. The van der Waals surface area contributed by atoms with Gasteiger partial charge in [-0.3, -0.25) is 9.59 Å². The van der Waals surface area contributed by atoms with E-state index in [2.05, 4.69) is 10.1 Å². The van der Waals surface area contributed by atoms with Gasteiger partial charge in [0.05, 0.1) is 0 Å². The first-order chi connectivity index (χ1) is 15.0. The van der Waals surface area contributed by atoms with Gasteiger partial charge in [-0.05, 0) is 36.2 Å². The third-order valence-electron chi connectivity index (χ3n) is 4.82. The van der Waals surface area contributed by atoms with E-state index < -0.39 is 30.7 Å². The van der Waals surface area contributed by atoms with Crippen molar-refractivity contribution in [2.24, 2.45) is 0 Å². The number of nitrogens with one attached hydrogen (secondary N) is 1. The summed E-state index contributed by atoms with van der Waals surface area (Å²) in [6.45, 7) is 1.02. The highest BCUT2D eigenvalue weighted by molar-refractivity contribution is 6.09. The number of ketones is 1. The number of ether oxygens (including phenoxy) is 1. The number of fused-ring (bicyclic) bond motifs is 1. The molecule has 9 heteroatoms. The summed E-state index contributed by atoms with van der Waals surface area (Å²) in [6, 6.07) is 10.9. The zero-order valence-corrected chi connectivity index (χ0v) is 16.6. The van der Waals surface area contributed by atoms with Crippen molar-refractivity contribution in [3.05, 3.63) is 76.2 Å². The highest BCUT2D eigenvalue weighted by Crippen LogP contribution is 2.22. The van der Waals surface area contributed by atoms with Crippen LogP contribution >= 0.6 is 0 Å². The highest BCUT2D eigenvalue weighted by atomic mass is 19.1. The minimum Gasteiger partial charge on any atom is -0.456 e. The molecule has 2 heterocycles. The molecule has 0 spiro atoms. The summed E-state index contributed by atoms with van der Waals surface area (Å²) in [7, 11) is 0. The number of halogens is 1. The van der Waals surface area contributed by atoms with E-state index in [-0.39, 0.29) is 11.7 Å². The summed E-state index contributed by atoms with van der Waals surface area (Å²) in [5, 5.41) is 4.67. The summed E-state index contributed by atoms with van der Waals surface area (Å²) in [5.41, 5.74) is 2.76. The molecule has 0 radical (unpaired) electrons. The predicted octanol–water partition coefficient (Wildman–Crippen LogP) is 3.11. The number of hydrogen-bond donors (Lipinski definition) is 1. The quantitative estimate of drug-likeness (QED) is 0.362. The Morgan fingerprint density at radius 3 is 2.71 bits per heavy atom. The van der Waals surface area contributed by atoms with Crippen molar-refractivity contribution in [3.63, 3.8) is 0 Å². The minimum absolute atomic E-state index is 0.0561. The van der Waals surface area contributed by atoms with Crippen LogP contribution in [0, 0.1) is 5.82 Å². The van der Waals surface area contributed by atoms with Gasteiger partial charge in [0, 0.05) is 28.2 Å². The predicted molar refractivity (Wildman–Crippen MR) is 109 cm³/mol. The molecule has 0 atom stereocenters. The molecule has 2 aromatic carbocycles. The zero-order chi connectivity index (χ0) is 22.0. The first-order valence-corrected chi connectivity index (χ1v) is 9.58. The number of aryl methyl sites for hydroxylation is 1. The number of rotatable bonds is 7. The summed E-state index contributed by atoms with van der Waals surface area (Å²) in [6.07, 6.45) is 2.41. The molecular formula is C22H18FN3O5. The monoisotopic (exact) mass is 423 g/mol. The second-order valence-electron chi connectivity index (χ2n) is 6.82. The van der Waals surface area contributed by atoms with Gasteiger partial charge in [0.25, 0.3) is 0 Å². The fourth-order valence-corrected chi connectivity index (χ4v) is 3.25. The number of para-hydroxylation sites is 1. The van der Waals surface area contributed by atoms with Crippen molar-refractivity contribution in [2.75, 3.05) is 6.61 Å². The second-order valence-corrected chi connectivity index (χ2v) is 6.82. The summed E-state index contributed by atoms with van der Waals surface area (Å²) in [5.74, 6) is -2.55. The van der Waals surface area contributed by atoms with Gasteiger partial charge in [-0.15, -0.1) is 5.10 Å². The molecule has 0 bridgehead atoms. The second kappa shape index (κ2) is 8.39. The van der Waals surface area contributed by atoms with Crippen LogP contribution in [0.5, 0.6) is 0 Å². The topological polar surface area (TPSA) is 107 Å². The molecule has 4 aromatic rings. The van der Waals surface area contributed by atoms with Crippen molar-refractivity contribution in [2.45, 2.75) is 19.9 Å². The molecule has 4 rings (SSSR count). The fraction of sp³-hybridized carbons (Fsp3) is 0.182. The molecular weight excluding hydrogens is 405 g/mol.